The molecule has 0 radical (unpaired) electrons. The van der Waals surface area contributed by atoms with E-state index in [0.717, 1.165) is 42.9 Å². The molecular weight excluding hydrogens is 360 g/mol. The third-order valence-corrected chi connectivity index (χ3v) is 4.49. The summed E-state index contributed by atoms with van der Waals surface area (Å²) >= 11 is 3.20. The van der Waals surface area contributed by atoms with E-state index in [1.165, 1.54) is 0 Å². The summed E-state index contributed by atoms with van der Waals surface area (Å²) in [6.07, 6.45) is 1.26. The Morgan fingerprint density at radius 3 is 2.70 bits per heavy atom. The number of benzene rings is 1. The third-order valence-electron chi connectivity index (χ3n) is 4.06. The SMILES string of the molecule is Cc1cccc(NC(=O)c2ccc(Br)o2)c1N1CCC(O)CC1. The standard InChI is InChI=1S/C17H19BrN2O3/c1-11-3-2-4-13(16(11)20-9-7-12(21)8-10-20)19-17(22)14-5-6-15(18)23-14/h2-6,12,21H,7-10H2,1H3,(H,19,22). The van der Waals surface area contributed by atoms with Crippen molar-refractivity contribution in [3.63, 3.8) is 0 Å². The van der Waals surface area contributed by atoms with Gasteiger partial charge < -0.3 is 19.7 Å². The Morgan fingerprint density at radius 1 is 1.30 bits per heavy atom. The van der Waals surface area contributed by atoms with Crippen molar-refractivity contribution in [2.75, 3.05) is 23.3 Å². The molecule has 1 aliphatic heterocycles. The molecule has 2 aromatic rings. The van der Waals surface area contributed by atoms with E-state index in [1.54, 1.807) is 12.1 Å². The summed E-state index contributed by atoms with van der Waals surface area (Å²) in [5.41, 5.74) is 2.87. The Hall–Kier alpha value is -1.79. The second-order valence-corrected chi connectivity index (χ2v) is 6.53. The second-order valence-electron chi connectivity index (χ2n) is 5.75. The number of anilines is 2. The van der Waals surface area contributed by atoms with Gasteiger partial charge in [-0.15, -0.1) is 0 Å². The van der Waals surface area contributed by atoms with Gasteiger partial charge in [0.05, 0.1) is 17.5 Å². The van der Waals surface area contributed by atoms with Crippen LogP contribution in [0.1, 0.15) is 29.0 Å². The van der Waals surface area contributed by atoms with Crippen LogP contribution in [0.2, 0.25) is 0 Å². The lowest BCUT2D eigenvalue weighted by molar-refractivity contribution is 0.0995. The van der Waals surface area contributed by atoms with E-state index in [4.69, 9.17) is 4.42 Å². The third kappa shape index (κ3) is 3.59. The molecule has 23 heavy (non-hydrogen) atoms. The minimum absolute atomic E-state index is 0.228. The molecule has 1 aromatic heterocycles. The van der Waals surface area contributed by atoms with Gasteiger partial charge >= 0.3 is 0 Å². The van der Waals surface area contributed by atoms with E-state index >= 15 is 0 Å². The van der Waals surface area contributed by atoms with Crippen LogP contribution >= 0.6 is 15.9 Å². The highest BCUT2D eigenvalue weighted by atomic mass is 79.9. The summed E-state index contributed by atoms with van der Waals surface area (Å²) < 4.78 is 5.83. The molecule has 2 heterocycles. The number of aliphatic hydroxyl groups excluding tert-OH is 1. The quantitative estimate of drug-likeness (QED) is 0.856. The number of rotatable bonds is 3. The number of nitrogens with one attached hydrogen (secondary N) is 1. The normalized spacial score (nSPS) is 15.7. The van der Waals surface area contributed by atoms with Crippen molar-refractivity contribution in [2.45, 2.75) is 25.9 Å². The van der Waals surface area contributed by atoms with Crippen molar-refractivity contribution in [3.8, 4) is 0 Å². The first kappa shape index (κ1) is 16.1. The maximum Gasteiger partial charge on any atom is 0.291 e. The number of carbonyl (C=O) groups is 1. The number of furan rings is 1. The maximum absolute atomic E-state index is 12.3. The van der Waals surface area contributed by atoms with Gasteiger partial charge in [-0.3, -0.25) is 4.79 Å². The average Bonchev–Trinajstić information content (AvgIpc) is 2.96. The molecule has 1 aliphatic rings. The minimum Gasteiger partial charge on any atom is -0.444 e. The molecule has 1 amide bonds. The van der Waals surface area contributed by atoms with Gasteiger partial charge in [0.1, 0.15) is 0 Å². The number of carbonyl (C=O) groups excluding carboxylic acids is 1. The molecule has 1 saturated heterocycles. The van der Waals surface area contributed by atoms with Crippen molar-refractivity contribution in [1.29, 1.82) is 0 Å². The van der Waals surface area contributed by atoms with E-state index in [2.05, 4.69) is 26.1 Å². The van der Waals surface area contributed by atoms with Crippen LogP contribution in [0.5, 0.6) is 0 Å². The predicted octanol–water partition coefficient (Wildman–Crippen LogP) is 3.56. The molecule has 5 nitrogen and oxygen atoms in total. The highest BCUT2D eigenvalue weighted by Crippen LogP contribution is 2.32. The molecule has 2 N–H and O–H groups in total. The molecular formula is C17H19BrN2O3. The smallest absolute Gasteiger partial charge is 0.291 e. The largest absolute Gasteiger partial charge is 0.444 e. The van der Waals surface area contributed by atoms with Crippen molar-refractivity contribution in [1.82, 2.24) is 0 Å². The molecule has 0 unspecified atom stereocenters. The van der Waals surface area contributed by atoms with Crippen LogP contribution in [0.15, 0.2) is 39.4 Å². The van der Waals surface area contributed by atoms with Crippen molar-refractivity contribution >= 4 is 33.2 Å². The Morgan fingerprint density at radius 2 is 2.04 bits per heavy atom. The van der Waals surface area contributed by atoms with Gasteiger partial charge in [-0.1, -0.05) is 12.1 Å². The molecule has 1 fully saturated rings. The zero-order valence-corrected chi connectivity index (χ0v) is 14.5. The molecule has 1 aromatic carbocycles. The maximum atomic E-state index is 12.3. The van der Waals surface area contributed by atoms with E-state index < -0.39 is 0 Å². The fourth-order valence-corrected chi connectivity index (χ4v) is 3.20. The molecule has 0 bridgehead atoms. The van der Waals surface area contributed by atoms with E-state index in [1.807, 2.05) is 25.1 Å². The van der Waals surface area contributed by atoms with Crippen molar-refractivity contribution in [3.05, 3.63) is 46.3 Å². The summed E-state index contributed by atoms with van der Waals surface area (Å²) in [5, 5.41) is 12.6. The zero-order chi connectivity index (χ0) is 16.4. The van der Waals surface area contributed by atoms with Crippen LogP contribution in [0, 0.1) is 6.92 Å². The van der Waals surface area contributed by atoms with E-state index in [9.17, 15) is 9.90 Å². The highest BCUT2D eigenvalue weighted by molar-refractivity contribution is 9.10. The molecule has 122 valence electrons. The molecule has 0 spiro atoms. The number of hydrogen-bond acceptors (Lipinski definition) is 4. The van der Waals surface area contributed by atoms with Crippen LogP contribution in [0.3, 0.4) is 0 Å². The molecule has 3 rings (SSSR count). The van der Waals surface area contributed by atoms with Crippen LogP contribution in [-0.4, -0.2) is 30.2 Å². The number of halogens is 1. The Labute approximate surface area is 143 Å². The van der Waals surface area contributed by atoms with Gasteiger partial charge in [-0.2, -0.15) is 0 Å². The van der Waals surface area contributed by atoms with E-state index in [0.29, 0.717) is 4.67 Å². The van der Waals surface area contributed by atoms with Gasteiger partial charge in [0.25, 0.3) is 5.91 Å². The second kappa shape index (κ2) is 6.76. The predicted molar refractivity (Wildman–Crippen MR) is 93.0 cm³/mol. The van der Waals surface area contributed by atoms with Gasteiger partial charge in [-0.25, -0.2) is 0 Å². The molecule has 0 atom stereocenters. The summed E-state index contributed by atoms with van der Waals surface area (Å²) in [7, 11) is 0. The number of piperidine rings is 1. The Balaban J connectivity index is 1.84. The monoisotopic (exact) mass is 378 g/mol. The zero-order valence-electron chi connectivity index (χ0n) is 12.9. The summed E-state index contributed by atoms with van der Waals surface area (Å²) in [4.78, 5) is 14.6. The molecule has 0 aliphatic carbocycles. The summed E-state index contributed by atoms with van der Waals surface area (Å²) in [6.45, 7) is 3.59. The van der Waals surface area contributed by atoms with Gasteiger partial charge in [-0.05, 0) is 59.5 Å². The summed E-state index contributed by atoms with van der Waals surface area (Å²) in [6, 6.07) is 9.16. The number of hydrogen-bond donors (Lipinski definition) is 2. The molecule has 6 heteroatoms. The van der Waals surface area contributed by atoms with Crippen LogP contribution in [-0.2, 0) is 0 Å². The van der Waals surface area contributed by atoms with Gasteiger partial charge in [0.15, 0.2) is 10.4 Å². The first-order valence-corrected chi connectivity index (χ1v) is 8.43. The van der Waals surface area contributed by atoms with Crippen LogP contribution < -0.4 is 10.2 Å². The number of aliphatic hydroxyl groups is 1. The average molecular weight is 379 g/mol. The van der Waals surface area contributed by atoms with Crippen molar-refractivity contribution in [2.24, 2.45) is 0 Å². The number of nitrogens with zero attached hydrogens (tertiary/aromatic N) is 1. The summed E-state index contributed by atoms with van der Waals surface area (Å²) in [5.74, 6) is -0.0157. The minimum atomic E-state index is -0.278. The topological polar surface area (TPSA) is 65.7 Å². The lowest BCUT2D eigenvalue weighted by Gasteiger charge is -2.34. The first-order valence-electron chi connectivity index (χ1n) is 7.64. The fourth-order valence-electron chi connectivity index (χ4n) is 2.89. The number of aryl methyl sites for hydroxylation is 1. The van der Waals surface area contributed by atoms with Crippen LogP contribution in [0.4, 0.5) is 11.4 Å². The van der Waals surface area contributed by atoms with Crippen molar-refractivity contribution < 1.29 is 14.3 Å². The Bertz CT molecular complexity index is 706. The van der Waals surface area contributed by atoms with Gasteiger partial charge in [0, 0.05) is 13.1 Å². The lowest BCUT2D eigenvalue weighted by atomic mass is 10.0. The van der Waals surface area contributed by atoms with E-state index in [-0.39, 0.29) is 17.8 Å². The lowest BCUT2D eigenvalue weighted by Crippen LogP contribution is -2.36. The fraction of sp³-hybridized carbons (Fsp3) is 0.353. The highest BCUT2D eigenvalue weighted by Gasteiger charge is 2.22. The van der Waals surface area contributed by atoms with Gasteiger partial charge in [0.2, 0.25) is 0 Å². The number of amides is 1. The first-order chi connectivity index (χ1) is 11.0. The number of para-hydroxylation sites is 1. The molecule has 0 saturated carbocycles. The van der Waals surface area contributed by atoms with Crippen LogP contribution in [0.25, 0.3) is 0 Å². The Kier molecular flexibility index (Phi) is 4.73.